The number of carboxylic acid groups (broad SMARTS) is 1. The van der Waals surface area contributed by atoms with Gasteiger partial charge in [0.1, 0.15) is 11.1 Å². The Labute approximate surface area is 184 Å². The molecule has 0 fully saturated rings. The van der Waals surface area contributed by atoms with Crippen molar-refractivity contribution < 1.29 is 41.9 Å². The fourth-order valence-corrected chi connectivity index (χ4v) is 6.22. The molecule has 31 heavy (non-hydrogen) atoms. The summed E-state index contributed by atoms with van der Waals surface area (Å²) in [5.74, 6) is -0.804. The highest BCUT2D eigenvalue weighted by Crippen LogP contribution is 2.52. The highest BCUT2D eigenvalue weighted by Gasteiger charge is 2.34. The van der Waals surface area contributed by atoms with Crippen LogP contribution in [0.4, 0.5) is 0 Å². The summed E-state index contributed by atoms with van der Waals surface area (Å²) < 4.78 is 54.2. The lowest BCUT2D eigenvalue weighted by atomic mass is 10.1. The average Bonchev–Trinajstić information content (AvgIpc) is 2.64. The van der Waals surface area contributed by atoms with E-state index in [1.54, 1.807) is 53.7 Å². The maximum absolute atomic E-state index is 13.4. The molecule has 0 heterocycles. The van der Waals surface area contributed by atoms with E-state index in [4.69, 9.17) is 27.9 Å². The first-order valence-electron chi connectivity index (χ1n) is 10.3. The molecule has 0 unspecified atom stereocenters. The van der Waals surface area contributed by atoms with Gasteiger partial charge >= 0.3 is 21.2 Å². The van der Waals surface area contributed by atoms with Crippen LogP contribution in [-0.2, 0) is 38.4 Å². The zero-order valence-corrected chi connectivity index (χ0v) is 20.8. The third-order valence-corrected chi connectivity index (χ3v) is 7.73. The minimum absolute atomic E-state index is 0.0904. The second kappa shape index (κ2) is 12.7. The van der Waals surface area contributed by atoms with Crippen molar-refractivity contribution in [3.05, 3.63) is 23.8 Å². The lowest BCUT2D eigenvalue weighted by Crippen LogP contribution is -2.18. The van der Waals surface area contributed by atoms with Crippen LogP contribution in [0.2, 0.25) is 0 Å². The van der Waals surface area contributed by atoms with Crippen LogP contribution in [0.25, 0.3) is 0 Å². The number of hydrogen-bond acceptors (Lipinski definition) is 8. The summed E-state index contributed by atoms with van der Waals surface area (Å²) in [5, 5.41) is 9.10. The van der Waals surface area contributed by atoms with Crippen molar-refractivity contribution in [2.45, 2.75) is 66.6 Å². The predicted octanol–water partition coefficient (Wildman–Crippen LogP) is 4.97. The number of ether oxygens (including phenoxy) is 1. The first kappa shape index (κ1) is 27.8. The van der Waals surface area contributed by atoms with E-state index < -0.39 is 27.5 Å². The van der Waals surface area contributed by atoms with Crippen LogP contribution in [-0.4, -0.2) is 42.8 Å². The van der Waals surface area contributed by atoms with E-state index in [0.717, 1.165) is 0 Å². The van der Waals surface area contributed by atoms with Gasteiger partial charge < -0.3 is 27.9 Å². The van der Waals surface area contributed by atoms with Gasteiger partial charge in [0.25, 0.3) is 0 Å². The molecule has 1 rings (SSSR count). The van der Waals surface area contributed by atoms with E-state index in [0.29, 0.717) is 5.56 Å². The van der Waals surface area contributed by atoms with E-state index in [1.165, 1.54) is 6.07 Å². The normalized spacial score (nSPS) is 12.5. The third kappa shape index (κ3) is 9.44. The van der Waals surface area contributed by atoms with Gasteiger partial charge in [0.2, 0.25) is 0 Å². The smallest absolute Gasteiger partial charge is 0.368 e. The van der Waals surface area contributed by atoms with Gasteiger partial charge in [0.15, 0.2) is 6.35 Å². The number of aryl methyl sites for hydroxylation is 1. The number of rotatable bonds is 15. The number of hydrogen-bond donors (Lipinski definition) is 1. The molecular weight excluding hydrogens is 446 g/mol. The van der Waals surface area contributed by atoms with E-state index in [9.17, 15) is 13.9 Å². The van der Waals surface area contributed by atoms with Crippen molar-refractivity contribution >= 4 is 26.5 Å². The molecule has 0 bridgehead atoms. The maximum atomic E-state index is 13.4. The molecular formula is C20H34O9P2. The zero-order valence-electron chi connectivity index (χ0n) is 19.0. The molecule has 1 N–H and O–H groups in total. The second-order valence-electron chi connectivity index (χ2n) is 7.22. The van der Waals surface area contributed by atoms with Crippen LogP contribution in [0.15, 0.2) is 18.2 Å². The Balaban J connectivity index is 3.32. The second-order valence-corrected chi connectivity index (χ2v) is 11.1. The Hall–Kier alpha value is -1.21. The molecule has 0 spiro atoms. The number of benzene rings is 1. The van der Waals surface area contributed by atoms with E-state index in [1.807, 2.05) is 0 Å². The summed E-state index contributed by atoms with van der Waals surface area (Å²) in [4.78, 5) is 10.9. The quantitative estimate of drug-likeness (QED) is 0.347. The van der Waals surface area contributed by atoms with Gasteiger partial charge in [-0.1, -0.05) is 6.07 Å². The Morgan fingerprint density at radius 1 is 1.00 bits per heavy atom. The van der Waals surface area contributed by atoms with Gasteiger partial charge in [0, 0.05) is 6.42 Å². The first-order chi connectivity index (χ1) is 14.4. The van der Waals surface area contributed by atoms with Crippen molar-refractivity contribution in [2.75, 3.05) is 19.6 Å². The van der Waals surface area contributed by atoms with Crippen LogP contribution < -0.4 is 10.0 Å². The molecule has 0 atom stereocenters. The summed E-state index contributed by atoms with van der Waals surface area (Å²) >= 11 is 0. The lowest BCUT2D eigenvalue weighted by Gasteiger charge is -2.25. The van der Waals surface area contributed by atoms with Crippen molar-refractivity contribution in [1.29, 1.82) is 0 Å². The summed E-state index contributed by atoms with van der Waals surface area (Å²) in [6.07, 6.45) is -0.976. The van der Waals surface area contributed by atoms with Gasteiger partial charge in [-0.3, -0.25) is 13.9 Å². The lowest BCUT2D eigenvalue weighted by molar-refractivity contribution is -0.136. The average molecular weight is 480 g/mol. The minimum Gasteiger partial charge on any atom is -0.481 e. The minimum atomic E-state index is -3.76. The standard InChI is InChI=1S/C20H34O9P2/c1-7-26-31(24,27-8-2)19-13-17(10-12-20(21)22)9-11-18(19)25-14-30(23,28-15(3)4)29-16(5)6/h9,11,13,15-16H,7-8,10,12,14H2,1-6H3,(H,21,22). The number of carboxylic acids is 1. The van der Waals surface area contributed by atoms with Gasteiger partial charge in [-0.2, -0.15) is 0 Å². The number of aliphatic carboxylic acids is 1. The highest BCUT2D eigenvalue weighted by molar-refractivity contribution is 7.62. The summed E-state index contributed by atoms with van der Waals surface area (Å²) in [6, 6.07) is 4.73. The SMILES string of the molecule is CCOP(=O)(OCC)c1cc(CCC(=O)O)ccc1OCP(=O)(OC(C)C)OC(C)C. The molecule has 1 aromatic carbocycles. The van der Waals surface area contributed by atoms with Crippen molar-refractivity contribution in [3.8, 4) is 5.75 Å². The van der Waals surface area contributed by atoms with Gasteiger partial charge in [-0.25, -0.2) is 0 Å². The monoisotopic (exact) mass is 480 g/mol. The van der Waals surface area contributed by atoms with Gasteiger partial charge in [-0.05, 0) is 65.7 Å². The molecule has 1 aromatic rings. The van der Waals surface area contributed by atoms with E-state index in [-0.39, 0.29) is 49.3 Å². The Morgan fingerprint density at radius 3 is 2.00 bits per heavy atom. The van der Waals surface area contributed by atoms with Crippen LogP contribution >= 0.6 is 15.2 Å². The molecule has 0 aliphatic rings. The summed E-state index contributed by atoms with van der Waals surface area (Å²) in [5.41, 5.74) is 0.629. The largest absolute Gasteiger partial charge is 0.481 e. The molecule has 0 aliphatic heterocycles. The van der Waals surface area contributed by atoms with Crippen LogP contribution in [0.5, 0.6) is 5.75 Å². The first-order valence-corrected chi connectivity index (χ1v) is 13.5. The molecule has 9 nitrogen and oxygen atoms in total. The molecule has 0 aromatic heterocycles. The summed E-state index contributed by atoms with van der Waals surface area (Å²) in [7, 11) is -7.37. The van der Waals surface area contributed by atoms with E-state index in [2.05, 4.69) is 0 Å². The predicted molar refractivity (Wildman–Crippen MR) is 118 cm³/mol. The van der Waals surface area contributed by atoms with E-state index >= 15 is 0 Å². The Kier molecular flexibility index (Phi) is 11.4. The van der Waals surface area contributed by atoms with Crippen LogP contribution in [0.1, 0.15) is 53.5 Å². The fourth-order valence-electron chi connectivity index (χ4n) is 2.70. The summed E-state index contributed by atoms with van der Waals surface area (Å²) in [6.45, 7) is 10.6. The zero-order chi connectivity index (χ0) is 23.7. The maximum Gasteiger partial charge on any atom is 0.368 e. The van der Waals surface area contributed by atoms with Gasteiger partial charge in [0.05, 0.1) is 25.4 Å². The highest BCUT2D eigenvalue weighted by atomic mass is 31.2. The molecule has 0 aliphatic carbocycles. The van der Waals surface area contributed by atoms with Crippen LogP contribution in [0, 0.1) is 0 Å². The molecule has 0 amide bonds. The topological polar surface area (TPSA) is 118 Å². The Bertz CT molecular complexity index is 784. The molecule has 11 heteroatoms. The molecule has 178 valence electrons. The number of carbonyl (C=O) groups is 1. The molecule has 0 saturated heterocycles. The van der Waals surface area contributed by atoms with Crippen molar-refractivity contribution in [3.63, 3.8) is 0 Å². The third-order valence-electron chi connectivity index (χ3n) is 3.67. The Morgan fingerprint density at radius 2 is 1.55 bits per heavy atom. The fraction of sp³-hybridized carbons (Fsp3) is 0.650. The van der Waals surface area contributed by atoms with Crippen molar-refractivity contribution in [2.24, 2.45) is 0 Å². The molecule has 0 saturated carbocycles. The van der Waals surface area contributed by atoms with Gasteiger partial charge in [-0.15, -0.1) is 0 Å². The van der Waals surface area contributed by atoms with Crippen molar-refractivity contribution in [1.82, 2.24) is 0 Å². The van der Waals surface area contributed by atoms with Crippen LogP contribution in [0.3, 0.4) is 0 Å². The molecule has 0 radical (unpaired) electrons.